The Kier molecular flexibility index (Phi) is 4.06. The highest BCUT2D eigenvalue weighted by atomic mass is 32.2. The van der Waals surface area contributed by atoms with Crippen molar-refractivity contribution >= 4 is 10.0 Å². The van der Waals surface area contributed by atoms with Crippen LogP contribution in [0.15, 0.2) is 47.4 Å². The summed E-state index contributed by atoms with van der Waals surface area (Å²) in [6.07, 6.45) is 2.16. The Morgan fingerprint density at radius 2 is 1.84 bits per heavy atom. The Bertz CT molecular complexity index is 882. The van der Waals surface area contributed by atoms with Gasteiger partial charge in [-0.15, -0.1) is 0 Å². The van der Waals surface area contributed by atoms with Crippen LogP contribution in [0.3, 0.4) is 0 Å². The number of nitrogens with one attached hydrogen (secondary N) is 1. The van der Waals surface area contributed by atoms with E-state index in [2.05, 4.69) is 16.9 Å². The fourth-order valence-electron chi connectivity index (χ4n) is 3.64. The third-order valence-electron chi connectivity index (χ3n) is 5.13. The average molecular weight is 359 g/mol. The third-order valence-corrected chi connectivity index (χ3v) is 6.53. The Hall–Kier alpha value is -1.89. The van der Waals surface area contributed by atoms with Crippen LogP contribution in [0.2, 0.25) is 0 Å². The van der Waals surface area contributed by atoms with Crippen LogP contribution in [0, 0.1) is 0 Å². The summed E-state index contributed by atoms with van der Waals surface area (Å²) >= 11 is 0. The Labute approximate surface area is 148 Å². The van der Waals surface area contributed by atoms with E-state index >= 15 is 0 Å². The van der Waals surface area contributed by atoms with Crippen molar-refractivity contribution in [2.24, 2.45) is 0 Å². The van der Waals surface area contributed by atoms with E-state index in [-0.39, 0.29) is 11.4 Å². The maximum absolute atomic E-state index is 12.7. The molecule has 0 saturated heterocycles. The van der Waals surface area contributed by atoms with Gasteiger partial charge in [-0.25, -0.2) is 13.1 Å². The van der Waals surface area contributed by atoms with Crippen molar-refractivity contribution in [3.8, 4) is 5.75 Å². The second kappa shape index (κ2) is 6.12. The first-order valence-corrected chi connectivity index (χ1v) is 9.87. The standard InChI is InChI=1S/C19H21NO4S/c1-23-19(11-15-4-2-3-5-16(15)12-19)13-20-25(21,22)17-6-7-18-14(10-17)8-9-24-18/h2-7,10,20H,8-9,11-13H2,1H3. The average Bonchev–Trinajstić information content (AvgIpc) is 3.23. The number of benzene rings is 2. The molecule has 0 amide bonds. The minimum Gasteiger partial charge on any atom is -0.493 e. The summed E-state index contributed by atoms with van der Waals surface area (Å²) in [7, 11) is -1.94. The molecule has 0 aromatic heterocycles. The molecule has 2 aromatic rings. The number of sulfonamides is 1. The lowest BCUT2D eigenvalue weighted by Crippen LogP contribution is -2.45. The third kappa shape index (κ3) is 3.05. The summed E-state index contributed by atoms with van der Waals surface area (Å²) < 4.78 is 39.3. The van der Waals surface area contributed by atoms with Gasteiger partial charge in [0.2, 0.25) is 10.0 Å². The number of methoxy groups -OCH3 is 1. The fourth-order valence-corrected chi connectivity index (χ4v) is 4.80. The Morgan fingerprint density at radius 1 is 1.12 bits per heavy atom. The molecule has 1 N–H and O–H groups in total. The van der Waals surface area contributed by atoms with Crippen LogP contribution >= 0.6 is 0 Å². The van der Waals surface area contributed by atoms with Crippen LogP contribution < -0.4 is 9.46 Å². The van der Waals surface area contributed by atoms with Crippen molar-refractivity contribution < 1.29 is 17.9 Å². The number of rotatable bonds is 5. The van der Waals surface area contributed by atoms with Crippen molar-refractivity contribution in [2.45, 2.75) is 29.8 Å². The highest BCUT2D eigenvalue weighted by Crippen LogP contribution is 2.33. The maximum Gasteiger partial charge on any atom is 0.240 e. The van der Waals surface area contributed by atoms with Crippen LogP contribution in [0.1, 0.15) is 16.7 Å². The predicted octanol–water partition coefficient (Wildman–Crippen LogP) is 2.08. The van der Waals surface area contributed by atoms with Crippen LogP contribution in [-0.4, -0.2) is 34.3 Å². The van der Waals surface area contributed by atoms with Crippen LogP contribution in [0.4, 0.5) is 0 Å². The van der Waals surface area contributed by atoms with Gasteiger partial charge >= 0.3 is 0 Å². The van der Waals surface area contributed by atoms with Crippen LogP contribution in [-0.2, 0) is 34.0 Å². The molecule has 0 bridgehead atoms. The van der Waals surface area contributed by atoms with E-state index in [1.54, 1.807) is 25.3 Å². The van der Waals surface area contributed by atoms with Crippen molar-refractivity contribution in [2.75, 3.05) is 20.3 Å². The first-order chi connectivity index (χ1) is 12.0. The molecule has 1 aliphatic carbocycles. The van der Waals surface area contributed by atoms with E-state index in [4.69, 9.17) is 9.47 Å². The molecule has 1 heterocycles. The van der Waals surface area contributed by atoms with Crippen molar-refractivity contribution in [3.63, 3.8) is 0 Å². The second-order valence-electron chi connectivity index (χ2n) is 6.70. The fraction of sp³-hybridized carbons (Fsp3) is 0.368. The minimum atomic E-state index is -3.59. The van der Waals surface area contributed by atoms with E-state index < -0.39 is 15.6 Å². The van der Waals surface area contributed by atoms with Gasteiger partial charge in [-0.05, 0) is 34.9 Å². The van der Waals surface area contributed by atoms with Gasteiger partial charge in [-0.2, -0.15) is 0 Å². The Balaban J connectivity index is 1.52. The van der Waals surface area contributed by atoms with Crippen molar-refractivity contribution in [1.82, 2.24) is 4.72 Å². The summed E-state index contributed by atoms with van der Waals surface area (Å²) in [6.45, 7) is 0.853. The number of ether oxygens (including phenoxy) is 2. The largest absolute Gasteiger partial charge is 0.493 e. The van der Waals surface area contributed by atoms with Gasteiger partial charge in [0.05, 0.1) is 17.1 Å². The zero-order valence-corrected chi connectivity index (χ0v) is 14.9. The molecule has 2 aromatic carbocycles. The topological polar surface area (TPSA) is 64.6 Å². The molecular weight excluding hydrogens is 338 g/mol. The quantitative estimate of drug-likeness (QED) is 0.888. The molecule has 132 valence electrons. The molecular formula is C19H21NO4S. The second-order valence-corrected chi connectivity index (χ2v) is 8.47. The van der Waals surface area contributed by atoms with Gasteiger partial charge in [0, 0.05) is 32.9 Å². The molecule has 0 unspecified atom stereocenters. The molecule has 1 aliphatic heterocycles. The van der Waals surface area contributed by atoms with Gasteiger partial charge in [0.25, 0.3) is 0 Å². The molecule has 0 saturated carbocycles. The molecule has 0 spiro atoms. The summed E-state index contributed by atoms with van der Waals surface area (Å²) in [6, 6.07) is 13.2. The first-order valence-electron chi connectivity index (χ1n) is 8.39. The minimum absolute atomic E-state index is 0.244. The first kappa shape index (κ1) is 16.6. The van der Waals surface area contributed by atoms with Gasteiger partial charge in [0.15, 0.2) is 0 Å². The molecule has 4 rings (SSSR count). The summed E-state index contributed by atoms with van der Waals surface area (Å²) in [5.41, 5.74) is 2.85. The zero-order chi connectivity index (χ0) is 17.5. The summed E-state index contributed by atoms with van der Waals surface area (Å²) in [5.74, 6) is 0.776. The number of hydrogen-bond donors (Lipinski definition) is 1. The molecule has 0 fully saturated rings. The monoisotopic (exact) mass is 359 g/mol. The van der Waals surface area contributed by atoms with Gasteiger partial charge in [0.1, 0.15) is 5.75 Å². The lowest BCUT2D eigenvalue weighted by molar-refractivity contribution is 0.00378. The van der Waals surface area contributed by atoms with Crippen LogP contribution in [0.25, 0.3) is 0 Å². The predicted molar refractivity (Wildman–Crippen MR) is 94.4 cm³/mol. The van der Waals surface area contributed by atoms with E-state index in [1.807, 2.05) is 12.1 Å². The highest BCUT2D eigenvalue weighted by molar-refractivity contribution is 7.89. The number of hydrogen-bond acceptors (Lipinski definition) is 4. The van der Waals surface area contributed by atoms with E-state index in [9.17, 15) is 8.42 Å². The maximum atomic E-state index is 12.7. The summed E-state index contributed by atoms with van der Waals surface area (Å²) in [4.78, 5) is 0.276. The van der Waals surface area contributed by atoms with Gasteiger partial charge in [-0.1, -0.05) is 24.3 Å². The van der Waals surface area contributed by atoms with E-state index in [1.165, 1.54) is 11.1 Å². The van der Waals surface area contributed by atoms with Crippen LogP contribution in [0.5, 0.6) is 5.75 Å². The molecule has 5 nitrogen and oxygen atoms in total. The zero-order valence-electron chi connectivity index (χ0n) is 14.1. The molecule has 0 radical (unpaired) electrons. The lowest BCUT2D eigenvalue weighted by Gasteiger charge is -2.27. The normalized spacial score (nSPS) is 17.8. The van der Waals surface area contributed by atoms with Gasteiger partial charge in [-0.3, -0.25) is 0 Å². The SMILES string of the molecule is COC1(CNS(=O)(=O)c2ccc3c(c2)CCO3)Cc2ccccc2C1. The summed E-state index contributed by atoms with van der Waals surface area (Å²) in [5, 5.41) is 0. The van der Waals surface area contributed by atoms with Crippen molar-refractivity contribution in [1.29, 1.82) is 0 Å². The molecule has 6 heteroatoms. The lowest BCUT2D eigenvalue weighted by atomic mass is 10.0. The number of fused-ring (bicyclic) bond motifs is 2. The molecule has 25 heavy (non-hydrogen) atoms. The smallest absolute Gasteiger partial charge is 0.240 e. The van der Waals surface area contributed by atoms with E-state index in [0.717, 1.165) is 17.7 Å². The molecule has 2 aliphatic rings. The van der Waals surface area contributed by atoms with Gasteiger partial charge < -0.3 is 9.47 Å². The highest BCUT2D eigenvalue weighted by Gasteiger charge is 2.38. The molecule has 0 atom stereocenters. The van der Waals surface area contributed by atoms with Crippen molar-refractivity contribution in [3.05, 3.63) is 59.2 Å². The Morgan fingerprint density at radius 3 is 2.52 bits per heavy atom. The van der Waals surface area contributed by atoms with E-state index in [0.29, 0.717) is 19.4 Å².